The van der Waals surface area contributed by atoms with Gasteiger partial charge in [-0.25, -0.2) is 0 Å². The quantitative estimate of drug-likeness (QED) is 0.405. The van der Waals surface area contributed by atoms with Gasteiger partial charge in [-0.3, -0.25) is 14.8 Å². The number of nitroso groups, excluding NO2 is 1. The van der Waals surface area contributed by atoms with Crippen LogP contribution in [0.2, 0.25) is 0 Å². The Bertz CT molecular complexity index is 1150. The van der Waals surface area contributed by atoms with Crippen molar-refractivity contribution in [2.24, 2.45) is 5.18 Å². The summed E-state index contributed by atoms with van der Waals surface area (Å²) in [4.78, 5) is 20.7. The zero-order valence-electron chi connectivity index (χ0n) is 19.7. The lowest BCUT2D eigenvalue weighted by Crippen LogP contribution is -2.42. The molecule has 4 heterocycles. The molecule has 2 fully saturated rings. The summed E-state index contributed by atoms with van der Waals surface area (Å²) >= 11 is 0. The average Bonchev–Trinajstić information content (AvgIpc) is 3.65. The standard InChI is InChI=1S/C28H32N4O2/c33-30-25-9-7-21-18-22(6-8-23(21)25)27-24(20-10-12-29-13-11-20)19-26(34-27)28(32-16-4-5-17-32)31-14-2-1-3-15-31/h6,8,10-13,18-19,25,28H,1-5,7,9,14-17H2. The Morgan fingerprint density at radius 1 is 0.882 bits per heavy atom. The molecule has 0 radical (unpaired) electrons. The molecule has 2 saturated heterocycles. The molecule has 3 aliphatic rings. The fourth-order valence-corrected chi connectivity index (χ4v) is 6.08. The van der Waals surface area contributed by atoms with Crippen molar-refractivity contribution < 1.29 is 4.42 Å². The highest BCUT2D eigenvalue weighted by atomic mass is 16.3. The summed E-state index contributed by atoms with van der Waals surface area (Å²) in [6, 6.07) is 12.6. The van der Waals surface area contributed by atoms with Gasteiger partial charge in [0.2, 0.25) is 0 Å². The fourth-order valence-electron chi connectivity index (χ4n) is 6.08. The first-order valence-electron chi connectivity index (χ1n) is 12.8. The van der Waals surface area contributed by atoms with Crippen LogP contribution in [0.4, 0.5) is 0 Å². The van der Waals surface area contributed by atoms with Gasteiger partial charge in [-0.1, -0.05) is 23.7 Å². The minimum Gasteiger partial charge on any atom is -0.457 e. The zero-order chi connectivity index (χ0) is 22.9. The second-order valence-electron chi connectivity index (χ2n) is 9.91. The average molecular weight is 457 g/mol. The number of hydrogen-bond acceptors (Lipinski definition) is 6. The Morgan fingerprint density at radius 3 is 2.29 bits per heavy atom. The van der Waals surface area contributed by atoms with Gasteiger partial charge in [-0.2, -0.15) is 4.91 Å². The van der Waals surface area contributed by atoms with Crippen LogP contribution in [0, 0.1) is 4.91 Å². The maximum absolute atomic E-state index is 11.2. The van der Waals surface area contributed by atoms with E-state index in [0.717, 1.165) is 72.8 Å². The van der Waals surface area contributed by atoms with Crippen LogP contribution < -0.4 is 0 Å². The zero-order valence-corrected chi connectivity index (χ0v) is 19.7. The number of rotatable bonds is 6. The van der Waals surface area contributed by atoms with Crippen molar-refractivity contribution >= 4 is 0 Å². The number of aryl methyl sites for hydroxylation is 1. The number of likely N-dealkylation sites (tertiary alicyclic amines) is 2. The van der Waals surface area contributed by atoms with Crippen LogP contribution in [0.15, 0.2) is 58.4 Å². The van der Waals surface area contributed by atoms with Crippen LogP contribution in [0.25, 0.3) is 22.5 Å². The van der Waals surface area contributed by atoms with E-state index in [0.29, 0.717) is 0 Å². The van der Waals surface area contributed by atoms with Crippen LogP contribution in [-0.2, 0) is 6.42 Å². The maximum Gasteiger partial charge on any atom is 0.142 e. The first kappa shape index (κ1) is 21.7. The number of aromatic nitrogens is 1. The molecule has 6 rings (SSSR count). The van der Waals surface area contributed by atoms with E-state index in [9.17, 15) is 4.91 Å². The smallest absolute Gasteiger partial charge is 0.142 e. The largest absolute Gasteiger partial charge is 0.457 e. The molecule has 2 aliphatic heterocycles. The lowest BCUT2D eigenvalue weighted by molar-refractivity contribution is 0.0285. The molecule has 2 aromatic heterocycles. The van der Waals surface area contributed by atoms with Gasteiger partial charge in [-0.05, 0) is 79.5 Å². The van der Waals surface area contributed by atoms with Crippen molar-refractivity contribution in [3.63, 3.8) is 0 Å². The SMILES string of the molecule is O=NC1CCc2cc(-c3oc(C(N4CCCCC4)N4CCCC4)cc3-c3ccncc3)ccc21. The summed E-state index contributed by atoms with van der Waals surface area (Å²) in [5, 5.41) is 3.33. The minimum atomic E-state index is -0.213. The fraction of sp³-hybridized carbons (Fsp3) is 0.464. The third-order valence-corrected chi connectivity index (χ3v) is 7.80. The molecule has 6 heteroatoms. The normalized spacial score (nSPS) is 22.1. The van der Waals surface area contributed by atoms with Crippen LogP contribution in [0.1, 0.15) is 67.6 Å². The highest BCUT2D eigenvalue weighted by molar-refractivity contribution is 5.80. The summed E-state index contributed by atoms with van der Waals surface area (Å²) < 4.78 is 6.81. The lowest BCUT2D eigenvalue weighted by atomic mass is 9.99. The summed E-state index contributed by atoms with van der Waals surface area (Å²) in [7, 11) is 0. The van der Waals surface area contributed by atoms with Crippen LogP contribution in [0.3, 0.4) is 0 Å². The number of fused-ring (bicyclic) bond motifs is 1. The summed E-state index contributed by atoms with van der Waals surface area (Å²) in [6.45, 7) is 4.50. The Kier molecular flexibility index (Phi) is 6.02. The third kappa shape index (κ3) is 3.99. The van der Waals surface area contributed by atoms with Gasteiger partial charge < -0.3 is 4.42 Å². The van der Waals surface area contributed by atoms with Crippen molar-refractivity contribution in [2.75, 3.05) is 26.2 Å². The molecule has 0 spiro atoms. The highest BCUT2D eigenvalue weighted by Crippen LogP contribution is 2.43. The van der Waals surface area contributed by atoms with E-state index in [-0.39, 0.29) is 12.2 Å². The molecule has 6 nitrogen and oxygen atoms in total. The van der Waals surface area contributed by atoms with Gasteiger partial charge in [0, 0.05) is 49.7 Å². The molecule has 34 heavy (non-hydrogen) atoms. The van der Waals surface area contributed by atoms with Gasteiger partial charge in [0.15, 0.2) is 0 Å². The summed E-state index contributed by atoms with van der Waals surface area (Å²) in [5.41, 5.74) is 5.59. The van der Waals surface area contributed by atoms with Gasteiger partial charge in [0.1, 0.15) is 23.7 Å². The number of nitrogens with zero attached hydrogens (tertiary/aromatic N) is 4. The van der Waals surface area contributed by atoms with Gasteiger partial charge >= 0.3 is 0 Å². The molecule has 0 bridgehead atoms. The van der Waals surface area contributed by atoms with Crippen LogP contribution in [-0.4, -0.2) is 41.0 Å². The van der Waals surface area contributed by atoms with E-state index in [1.54, 1.807) is 0 Å². The third-order valence-electron chi connectivity index (χ3n) is 7.80. The molecule has 1 aromatic carbocycles. The molecular formula is C28H32N4O2. The Morgan fingerprint density at radius 2 is 1.59 bits per heavy atom. The number of piperidine rings is 1. The number of benzene rings is 1. The van der Waals surface area contributed by atoms with E-state index in [1.807, 2.05) is 12.4 Å². The van der Waals surface area contributed by atoms with Crippen molar-refractivity contribution in [3.05, 3.63) is 70.6 Å². The molecule has 176 valence electrons. The number of pyridine rings is 1. The lowest BCUT2D eigenvalue weighted by Gasteiger charge is -2.38. The molecular weight excluding hydrogens is 424 g/mol. The van der Waals surface area contributed by atoms with E-state index < -0.39 is 0 Å². The monoisotopic (exact) mass is 456 g/mol. The summed E-state index contributed by atoms with van der Waals surface area (Å²) in [6.07, 6.45) is 11.9. The van der Waals surface area contributed by atoms with E-state index in [2.05, 4.69) is 56.4 Å². The second kappa shape index (κ2) is 9.43. The molecule has 3 aromatic rings. The minimum absolute atomic E-state index is 0.190. The Balaban J connectivity index is 1.45. The van der Waals surface area contributed by atoms with Crippen molar-refractivity contribution in [1.82, 2.24) is 14.8 Å². The van der Waals surface area contributed by atoms with Crippen molar-refractivity contribution in [3.8, 4) is 22.5 Å². The number of hydrogen-bond donors (Lipinski definition) is 0. The first-order valence-corrected chi connectivity index (χ1v) is 12.8. The molecule has 2 unspecified atom stereocenters. The maximum atomic E-state index is 11.2. The van der Waals surface area contributed by atoms with Crippen molar-refractivity contribution in [1.29, 1.82) is 0 Å². The van der Waals surface area contributed by atoms with E-state index in [1.165, 1.54) is 37.7 Å². The highest BCUT2D eigenvalue weighted by Gasteiger charge is 2.34. The van der Waals surface area contributed by atoms with Gasteiger partial charge in [0.25, 0.3) is 0 Å². The second-order valence-corrected chi connectivity index (χ2v) is 9.91. The predicted molar refractivity (Wildman–Crippen MR) is 133 cm³/mol. The molecule has 0 N–H and O–H groups in total. The van der Waals surface area contributed by atoms with Crippen LogP contribution >= 0.6 is 0 Å². The van der Waals surface area contributed by atoms with Crippen LogP contribution in [0.5, 0.6) is 0 Å². The molecule has 1 aliphatic carbocycles. The Labute approximate surface area is 201 Å². The van der Waals surface area contributed by atoms with E-state index >= 15 is 0 Å². The molecule has 0 amide bonds. The van der Waals surface area contributed by atoms with E-state index in [4.69, 9.17) is 4.42 Å². The first-order chi connectivity index (χ1) is 16.8. The summed E-state index contributed by atoms with van der Waals surface area (Å²) in [5.74, 6) is 1.95. The molecule has 2 atom stereocenters. The topological polar surface area (TPSA) is 61.9 Å². The number of furan rings is 1. The predicted octanol–water partition coefficient (Wildman–Crippen LogP) is 6.34. The van der Waals surface area contributed by atoms with Crippen molar-refractivity contribution in [2.45, 2.75) is 57.2 Å². The van der Waals surface area contributed by atoms with Gasteiger partial charge in [0.05, 0.1) is 0 Å². The van der Waals surface area contributed by atoms with Gasteiger partial charge in [-0.15, -0.1) is 0 Å². The molecule has 0 saturated carbocycles. The Hall–Kier alpha value is -2.83.